The molecule has 0 radical (unpaired) electrons. The third kappa shape index (κ3) is 0.827. The fraction of sp³-hybridized carbons (Fsp3) is 0.417. The summed E-state index contributed by atoms with van der Waals surface area (Å²) in [7, 11) is 0. The molecule has 3 aliphatic rings. The number of hydrogen-bond donors (Lipinski definition) is 2. The van der Waals surface area contributed by atoms with E-state index in [-0.39, 0.29) is 5.91 Å². The molecular formula is C12H12N2O. The van der Waals surface area contributed by atoms with Crippen LogP contribution >= 0.6 is 0 Å². The minimum atomic E-state index is 0.0993. The molecule has 1 saturated heterocycles. The number of rotatable bonds is 0. The summed E-state index contributed by atoms with van der Waals surface area (Å²) in [6.07, 6.45) is 0. The van der Waals surface area contributed by atoms with Crippen molar-refractivity contribution in [2.24, 2.45) is 0 Å². The average Bonchev–Trinajstić information content (AvgIpc) is 2.79. The standard InChI is InChI=1S/C12H12N2O/c15-12-7-2-9-8(1-6(7)3-14-12)10-4-13-5-11(9)10/h1-2,10-11,13H,3-5H2,(H,14,15). The maximum absolute atomic E-state index is 11.5. The van der Waals surface area contributed by atoms with Crippen molar-refractivity contribution in [3.8, 4) is 0 Å². The predicted octanol–water partition coefficient (Wildman–Crippen LogP) is 0.714. The second kappa shape index (κ2) is 2.42. The van der Waals surface area contributed by atoms with E-state index in [1.54, 1.807) is 0 Å². The molecule has 2 heterocycles. The van der Waals surface area contributed by atoms with Gasteiger partial charge in [-0.2, -0.15) is 0 Å². The Kier molecular flexibility index (Phi) is 1.27. The number of amides is 1. The highest BCUT2D eigenvalue weighted by atomic mass is 16.1. The van der Waals surface area contributed by atoms with Crippen LogP contribution in [0.5, 0.6) is 0 Å². The van der Waals surface area contributed by atoms with Crippen LogP contribution in [0.4, 0.5) is 0 Å². The van der Waals surface area contributed by atoms with Crippen molar-refractivity contribution in [2.45, 2.75) is 18.4 Å². The summed E-state index contributed by atoms with van der Waals surface area (Å²) < 4.78 is 0. The minimum absolute atomic E-state index is 0.0993. The van der Waals surface area contributed by atoms with E-state index < -0.39 is 0 Å². The summed E-state index contributed by atoms with van der Waals surface area (Å²) in [6.45, 7) is 2.90. The first kappa shape index (κ1) is 7.88. The van der Waals surface area contributed by atoms with E-state index in [1.807, 2.05) is 0 Å². The van der Waals surface area contributed by atoms with Gasteiger partial charge in [0.2, 0.25) is 0 Å². The van der Waals surface area contributed by atoms with E-state index in [2.05, 4.69) is 22.8 Å². The zero-order valence-corrected chi connectivity index (χ0v) is 8.34. The predicted molar refractivity (Wildman–Crippen MR) is 56.0 cm³/mol. The van der Waals surface area contributed by atoms with Crippen molar-refractivity contribution in [3.05, 3.63) is 34.4 Å². The molecule has 0 bridgehead atoms. The summed E-state index contributed by atoms with van der Waals surface area (Å²) in [5.41, 5.74) is 4.96. The van der Waals surface area contributed by atoms with Gasteiger partial charge < -0.3 is 10.6 Å². The highest BCUT2D eigenvalue weighted by Crippen LogP contribution is 2.49. The topological polar surface area (TPSA) is 41.1 Å². The van der Waals surface area contributed by atoms with Gasteiger partial charge in [0, 0.05) is 37.0 Å². The zero-order valence-electron chi connectivity index (χ0n) is 8.34. The molecule has 2 unspecified atom stereocenters. The van der Waals surface area contributed by atoms with Crippen LogP contribution in [0.15, 0.2) is 12.1 Å². The highest BCUT2D eigenvalue weighted by molar-refractivity contribution is 5.98. The van der Waals surface area contributed by atoms with E-state index in [4.69, 9.17) is 0 Å². The Hall–Kier alpha value is -1.35. The number of nitrogens with one attached hydrogen (secondary N) is 2. The lowest BCUT2D eigenvalue weighted by molar-refractivity contribution is 0.0965. The fourth-order valence-electron chi connectivity index (χ4n) is 3.19. The van der Waals surface area contributed by atoms with Crippen molar-refractivity contribution in [3.63, 3.8) is 0 Å². The van der Waals surface area contributed by atoms with Crippen molar-refractivity contribution in [1.82, 2.24) is 10.6 Å². The molecule has 3 nitrogen and oxygen atoms in total. The maximum Gasteiger partial charge on any atom is 0.251 e. The highest BCUT2D eigenvalue weighted by Gasteiger charge is 2.42. The average molecular weight is 200 g/mol. The van der Waals surface area contributed by atoms with Gasteiger partial charge in [-0.15, -0.1) is 0 Å². The van der Waals surface area contributed by atoms with Gasteiger partial charge in [-0.25, -0.2) is 0 Å². The second-order valence-corrected chi connectivity index (χ2v) is 4.69. The zero-order chi connectivity index (χ0) is 9.99. The number of hydrogen-bond acceptors (Lipinski definition) is 2. The van der Waals surface area contributed by atoms with E-state index in [0.717, 1.165) is 18.7 Å². The number of fused-ring (bicyclic) bond motifs is 5. The lowest BCUT2D eigenvalue weighted by Gasteiger charge is -2.34. The van der Waals surface area contributed by atoms with Crippen LogP contribution < -0.4 is 10.6 Å². The number of carbonyl (C=O) groups is 1. The Bertz CT molecular complexity index is 481. The Balaban J connectivity index is 1.90. The Labute approximate surface area is 87.9 Å². The van der Waals surface area contributed by atoms with E-state index in [9.17, 15) is 4.79 Å². The van der Waals surface area contributed by atoms with Gasteiger partial charge in [0.1, 0.15) is 0 Å². The van der Waals surface area contributed by atoms with Crippen LogP contribution in [0.25, 0.3) is 0 Å². The summed E-state index contributed by atoms with van der Waals surface area (Å²) in [5, 5.41) is 6.30. The molecule has 0 saturated carbocycles. The third-order valence-electron chi connectivity index (χ3n) is 4.01. The van der Waals surface area contributed by atoms with Crippen molar-refractivity contribution in [2.75, 3.05) is 13.1 Å². The quantitative estimate of drug-likeness (QED) is 0.647. The van der Waals surface area contributed by atoms with Crippen molar-refractivity contribution >= 4 is 5.91 Å². The first-order valence-electron chi connectivity index (χ1n) is 5.50. The molecule has 2 aliphatic heterocycles. The van der Waals surface area contributed by atoms with Crippen LogP contribution in [0, 0.1) is 0 Å². The molecule has 3 heteroatoms. The van der Waals surface area contributed by atoms with E-state index in [0.29, 0.717) is 18.4 Å². The molecule has 1 aromatic rings. The smallest absolute Gasteiger partial charge is 0.251 e. The molecule has 1 aliphatic carbocycles. The van der Waals surface area contributed by atoms with Crippen molar-refractivity contribution < 1.29 is 4.79 Å². The van der Waals surface area contributed by atoms with Crippen LogP contribution in [0.2, 0.25) is 0 Å². The SMILES string of the molecule is O=C1NCc2cc3c(cc21)C1CNCC31. The number of benzene rings is 1. The van der Waals surface area contributed by atoms with Gasteiger partial charge in [-0.1, -0.05) is 6.07 Å². The molecule has 1 aromatic carbocycles. The van der Waals surface area contributed by atoms with Crippen LogP contribution in [-0.2, 0) is 6.54 Å². The molecule has 15 heavy (non-hydrogen) atoms. The lowest BCUT2D eigenvalue weighted by atomic mass is 9.69. The molecule has 4 rings (SSSR count). The normalized spacial score (nSPS) is 30.3. The third-order valence-corrected chi connectivity index (χ3v) is 4.01. The summed E-state index contributed by atoms with van der Waals surface area (Å²) in [6, 6.07) is 4.35. The monoisotopic (exact) mass is 200 g/mol. The van der Waals surface area contributed by atoms with Gasteiger partial charge >= 0.3 is 0 Å². The van der Waals surface area contributed by atoms with Crippen LogP contribution in [-0.4, -0.2) is 19.0 Å². The lowest BCUT2D eigenvalue weighted by Crippen LogP contribution is -2.23. The first-order chi connectivity index (χ1) is 7.34. The molecule has 0 spiro atoms. The molecule has 2 N–H and O–H groups in total. The van der Waals surface area contributed by atoms with Gasteiger partial charge in [0.15, 0.2) is 0 Å². The van der Waals surface area contributed by atoms with Gasteiger partial charge in [-0.05, 0) is 22.8 Å². The number of carbonyl (C=O) groups excluding carboxylic acids is 1. The van der Waals surface area contributed by atoms with Gasteiger partial charge in [-0.3, -0.25) is 4.79 Å². The van der Waals surface area contributed by atoms with Gasteiger partial charge in [0.25, 0.3) is 5.91 Å². The van der Waals surface area contributed by atoms with Crippen LogP contribution in [0.3, 0.4) is 0 Å². The van der Waals surface area contributed by atoms with Crippen LogP contribution in [0.1, 0.15) is 38.9 Å². The van der Waals surface area contributed by atoms with Gasteiger partial charge in [0.05, 0.1) is 0 Å². The molecule has 1 fully saturated rings. The fourth-order valence-corrected chi connectivity index (χ4v) is 3.19. The molecule has 0 aromatic heterocycles. The Morgan fingerprint density at radius 2 is 1.87 bits per heavy atom. The summed E-state index contributed by atoms with van der Waals surface area (Å²) in [4.78, 5) is 11.5. The van der Waals surface area contributed by atoms with E-state index >= 15 is 0 Å². The van der Waals surface area contributed by atoms with E-state index in [1.165, 1.54) is 16.7 Å². The maximum atomic E-state index is 11.5. The molecule has 1 amide bonds. The molecule has 2 atom stereocenters. The van der Waals surface area contributed by atoms with Crippen molar-refractivity contribution in [1.29, 1.82) is 0 Å². The first-order valence-corrected chi connectivity index (χ1v) is 5.50. The second-order valence-electron chi connectivity index (χ2n) is 4.69. The summed E-state index contributed by atoms with van der Waals surface area (Å²) >= 11 is 0. The summed E-state index contributed by atoms with van der Waals surface area (Å²) in [5.74, 6) is 1.47. The largest absolute Gasteiger partial charge is 0.348 e. The Morgan fingerprint density at radius 1 is 1.13 bits per heavy atom. The Morgan fingerprint density at radius 3 is 2.67 bits per heavy atom. The minimum Gasteiger partial charge on any atom is -0.348 e. The molecular weight excluding hydrogens is 188 g/mol. The molecule has 76 valence electrons.